The van der Waals surface area contributed by atoms with Crippen LogP contribution in [0.5, 0.6) is 5.75 Å². The third kappa shape index (κ3) is 29.6. The maximum Gasteiger partial charge on any atom is 0.326 e. The molecule has 0 unspecified atom stereocenters. The summed E-state index contributed by atoms with van der Waals surface area (Å²) in [5, 5.41) is 84.6. The van der Waals surface area contributed by atoms with Crippen molar-refractivity contribution >= 4 is 88.8 Å². The number of likely N-dealkylation sites (tertiary alicyclic amines) is 1. The number of hydrogen-bond donors (Lipinski definition) is 21. The number of benzene rings is 1. The number of hydrogen-bond acceptors (Lipinski definition) is 21. The van der Waals surface area contributed by atoms with Crippen molar-refractivity contribution < 1.29 is 97.8 Å². The number of nitrogens with zero attached hydrogens (tertiary/aromatic N) is 2. The number of carbonyl (C=O) groups excluding carboxylic acids is 12. The summed E-state index contributed by atoms with van der Waals surface area (Å²) >= 11 is 0. The molecule has 2 rings (SSSR count). The molecule has 1 heterocycles. The molecule has 1 aliphatic heterocycles. The fraction of sp³-hybridized carbons (Fsp3) is 0.656. The van der Waals surface area contributed by atoms with Gasteiger partial charge in [0.2, 0.25) is 70.9 Å². The number of unbranched alkanes of at least 4 members (excludes halogenated alkanes) is 1. The minimum atomic E-state index is -1.92. The molecule has 1 aromatic carbocycles. The van der Waals surface area contributed by atoms with Crippen LogP contribution in [0.25, 0.3) is 0 Å². The largest absolute Gasteiger partial charge is 0.508 e. The lowest BCUT2D eigenvalue weighted by atomic mass is 9.99. The number of aliphatic carboxylic acids is 2. The van der Waals surface area contributed by atoms with Crippen LogP contribution in [0.2, 0.25) is 0 Å². The number of nitrogens with one attached hydrogen (secondary N) is 10. The first kappa shape index (κ1) is 84.8. The zero-order chi connectivity index (χ0) is 74.3. The third-order valence-corrected chi connectivity index (χ3v) is 15.6. The number of guanidine groups is 1. The molecule has 1 aliphatic rings. The summed E-state index contributed by atoms with van der Waals surface area (Å²) in [5.74, 6) is -16.7. The van der Waals surface area contributed by atoms with E-state index < -0.39 is 206 Å². The maximum atomic E-state index is 14.4. The van der Waals surface area contributed by atoms with Gasteiger partial charge in [-0.25, -0.2) is 4.79 Å². The highest BCUT2D eigenvalue weighted by Crippen LogP contribution is 2.20. The van der Waals surface area contributed by atoms with Gasteiger partial charge in [0.1, 0.15) is 78.3 Å². The van der Waals surface area contributed by atoms with E-state index in [4.69, 9.17) is 28.7 Å². The van der Waals surface area contributed by atoms with Gasteiger partial charge in [-0.3, -0.25) is 67.3 Å². The molecule has 0 aliphatic carbocycles. The summed E-state index contributed by atoms with van der Waals surface area (Å²) in [6.07, 6.45) is -5.01. The number of primary amides is 1. The molecule has 98 heavy (non-hydrogen) atoms. The predicted molar refractivity (Wildman–Crippen MR) is 350 cm³/mol. The Morgan fingerprint density at radius 3 is 1.56 bits per heavy atom. The van der Waals surface area contributed by atoms with Gasteiger partial charge in [-0.15, -0.1) is 0 Å². The Labute approximate surface area is 566 Å². The third-order valence-electron chi connectivity index (χ3n) is 15.6. The van der Waals surface area contributed by atoms with Gasteiger partial charge in [0.15, 0.2) is 5.96 Å². The lowest BCUT2D eigenvalue weighted by Crippen LogP contribution is -2.62. The molecule has 12 amide bonds. The summed E-state index contributed by atoms with van der Waals surface area (Å²) in [4.78, 5) is 194. The summed E-state index contributed by atoms with van der Waals surface area (Å²) < 4.78 is 0. The van der Waals surface area contributed by atoms with Crippen molar-refractivity contribution in [1.29, 1.82) is 0 Å². The highest BCUT2D eigenvalue weighted by Gasteiger charge is 2.41. The van der Waals surface area contributed by atoms with Gasteiger partial charge in [-0.1, -0.05) is 39.8 Å². The maximum absolute atomic E-state index is 14.4. The van der Waals surface area contributed by atoms with Gasteiger partial charge in [0, 0.05) is 32.4 Å². The molecule has 0 bridgehead atoms. The van der Waals surface area contributed by atoms with Crippen molar-refractivity contribution in [2.75, 3.05) is 26.2 Å². The zero-order valence-corrected chi connectivity index (χ0v) is 56.2. The molecule has 1 aromatic rings. The number of aliphatic imine (C=N–C) groups is 1. The normalized spacial score (nSPS) is 16.8. The first-order valence-electron chi connectivity index (χ1n) is 32.3. The Hall–Kier alpha value is -9.33. The number of phenols is 1. The standard InChI is InChI=1S/C61H101N17O20/c1-29(2)26-40(73-55(92)42(28-79)75-56(93)43-14-11-25-78(43)59(96)46(64)32(6)80)54(91)71-38(20-22-45(84)85)51(88)70-37(19-21-44(63)83)50(87)69-36(13-10-24-67-61(65)66)52(89)77-48(33(7)81)58(95)76-47(30(3)4)57(94)74-41(27-34-15-17-35(82)18-16-34)53(90)68-31(5)49(86)72-39(60(97)98)12-8-9-23-62/h15-18,29-33,36-43,46-48,79-82H,8-14,19-28,62,64H2,1-7H3,(H2,63,83)(H,68,90)(H,69,87)(H,70,88)(H,71,91)(H,72,86)(H,73,92)(H,74,94)(H,75,93)(H,76,95)(H,77,89)(H,84,85)(H,97,98)(H4,65,66,67)/t31-,32+,33+,36-,37-,38-,39-,40-,41-,42-,43-,46-,47-,48-/m0/s1. The van der Waals surface area contributed by atoms with E-state index in [1.54, 1.807) is 13.8 Å². The minimum absolute atomic E-state index is 0.0424. The number of aliphatic hydroxyl groups excluding tert-OH is 3. The van der Waals surface area contributed by atoms with E-state index in [0.29, 0.717) is 24.8 Å². The molecular formula is C61H101N17O20. The van der Waals surface area contributed by atoms with Crippen molar-refractivity contribution in [3.8, 4) is 5.75 Å². The number of aliphatic hydroxyl groups is 3. The van der Waals surface area contributed by atoms with Crippen molar-refractivity contribution in [3.05, 3.63) is 29.8 Å². The Kier molecular flexibility index (Phi) is 36.6. The van der Waals surface area contributed by atoms with Gasteiger partial charge < -0.3 is 117 Å². The van der Waals surface area contributed by atoms with Crippen LogP contribution in [0.15, 0.2) is 29.3 Å². The number of rotatable bonds is 44. The first-order chi connectivity index (χ1) is 45.9. The summed E-state index contributed by atoms with van der Waals surface area (Å²) in [6, 6.07) is -13.2. The van der Waals surface area contributed by atoms with E-state index >= 15 is 0 Å². The topological polar surface area (TPSA) is 626 Å². The van der Waals surface area contributed by atoms with Crippen LogP contribution in [-0.4, -0.2) is 235 Å². The molecule has 37 nitrogen and oxygen atoms in total. The van der Waals surface area contributed by atoms with Gasteiger partial charge in [0.05, 0.1) is 18.8 Å². The lowest BCUT2D eigenvalue weighted by Gasteiger charge is -2.30. The van der Waals surface area contributed by atoms with E-state index in [1.807, 2.05) is 0 Å². The average molecular weight is 1390 g/mol. The number of nitrogens with two attached hydrogens (primary N) is 5. The Bertz CT molecular complexity index is 2930. The molecule has 26 N–H and O–H groups in total. The smallest absolute Gasteiger partial charge is 0.326 e. The molecule has 0 saturated carbocycles. The fourth-order valence-electron chi connectivity index (χ4n) is 10.0. The van der Waals surface area contributed by atoms with Gasteiger partial charge in [-0.05, 0) is 121 Å². The van der Waals surface area contributed by atoms with E-state index in [2.05, 4.69) is 58.2 Å². The van der Waals surface area contributed by atoms with E-state index in [9.17, 15) is 97.8 Å². The highest BCUT2D eigenvalue weighted by molar-refractivity contribution is 6.00. The lowest BCUT2D eigenvalue weighted by molar-refractivity contribution is -0.142. The summed E-state index contributed by atoms with van der Waals surface area (Å²) in [7, 11) is 0. The molecule has 14 atom stereocenters. The quantitative estimate of drug-likeness (QED) is 0.0164. The molecule has 550 valence electrons. The van der Waals surface area contributed by atoms with Crippen molar-refractivity contribution in [2.45, 2.75) is 217 Å². The SMILES string of the molecule is CC(C)C[C@H](NC(=O)[C@H](CO)NC(=O)[C@@H]1CCCN1C(=O)[C@@H](N)[C@@H](C)O)C(=O)N[C@@H](CCC(=O)O)C(=O)N[C@@H](CCC(N)=O)C(=O)N[C@@H](CCCN=C(N)N)C(=O)N[C@H](C(=O)N[C@H](C(=O)N[C@@H](Cc1ccc(O)cc1)C(=O)N[C@@H](C)C(=O)N[C@@H](CCCCN)C(=O)O)C(C)C)[C@@H](C)O. The van der Waals surface area contributed by atoms with Gasteiger partial charge >= 0.3 is 11.9 Å². The molecular weight excluding hydrogens is 1290 g/mol. The van der Waals surface area contributed by atoms with E-state index in [1.165, 1.54) is 52.0 Å². The van der Waals surface area contributed by atoms with Gasteiger partial charge in [-0.2, -0.15) is 0 Å². The second kappa shape index (κ2) is 42.4. The molecule has 0 aromatic heterocycles. The number of phenolic OH excluding ortho intramolecular Hbond substituents is 1. The van der Waals surface area contributed by atoms with Crippen LogP contribution in [-0.2, 0) is 73.5 Å². The second-order valence-corrected chi connectivity index (χ2v) is 24.8. The van der Waals surface area contributed by atoms with Gasteiger partial charge in [0.25, 0.3) is 0 Å². The molecule has 1 saturated heterocycles. The Morgan fingerprint density at radius 2 is 1.05 bits per heavy atom. The summed E-state index contributed by atoms with van der Waals surface area (Å²) in [6.45, 7) is 9.23. The number of carboxylic acid groups (broad SMARTS) is 2. The van der Waals surface area contributed by atoms with Crippen molar-refractivity contribution in [1.82, 2.24) is 58.1 Å². The minimum Gasteiger partial charge on any atom is -0.508 e. The zero-order valence-electron chi connectivity index (χ0n) is 56.2. The Balaban J connectivity index is 2.49. The molecule has 0 radical (unpaired) electrons. The molecule has 1 fully saturated rings. The Morgan fingerprint density at radius 1 is 0.561 bits per heavy atom. The van der Waals surface area contributed by atoms with Crippen LogP contribution in [0, 0.1) is 11.8 Å². The van der Waals surface area contributed by atoms with Crippen molar-refractivity contribution in [2.24, 2.45) is 45.5 Å². The number of amides is 12. The van der Waals surface area contributed by atoms with E-state index in [-0.39, 0.29) is 75.8 Å². The van der Waals surface area contributed by atoms with Crippen LogP contribution in [0.4, 0.5) is 0 Å². The van der Waals surface area contributed by atoms with E-state index in [0.717, 1.165) is 11.8 Å². The average Bonchev–Trinajstić information content (AvgIpc) is 1.58. The summed E-state index contributed by atoms with van der Waals surface area (Å²) in [5.41, 5.74) is 28.2. The molecule has 37 heteroatoms. The first-order valence-corrected chi connectivity index (χ1v) is 32.3. The highest BCUT2D eigenvalue weighted by atomic mass is 16.4. The van der Waals surface area contributed by atoms with Crippen LogP contribution >= 0.6 is 0 Å². The van der Waals surface area contributed by atoms with Crippen LogP contribution in [0.1, 0.15) is 131 Å². The predicted octanol–water partition coefficient (Wildman–Crippen LogP) is -7.03. The van der Waals surface area contributed by atoms with Crippen molar-refractivity contribution in [3.63, 3.8) is 0 Å². The number of carbonyl (C=O) groups is 14. The fourth-order valence-corrected chi connectivity index (χ4v) is 10.0. The number of aromatic hydroxyl groups is 1. The van der Waals surface area contributed by atoms with Crippen LogP contribution in [0.3, 0.4) is 0 Å². The second-order valence-electron chi connectivity index (χ2n) is 24.8. The monoisotopic (exact) mass is 1390 g/mol. The molecule has 0 spiro atoms. The van der Waals surface area contributed by atoms with Crippen LogP contribution < -0.4 is 81.8 Å². The number of carboxylic acids is 2.